The first kappa shape index (κ1) is 11.8. The number of nitrogen functional groups attached to an aromatic ring is 1. The smallest absolute Gasteiger partial charge is 0.407 e. The monoisotopic (exact) mass is 238 g/mol. The molecule has 17 heavy (non-hydrogen) atoms. The molecule has 0 aliphatic carbocycles. The van der Waals surface area contributed by atoms with Crippen molar-refractivity contribution in [3.63, 3.8) is 0 Å². The van der Waals surface area contributed by atoms with Gasteiger partial charge in [0.1, 0.15) is 0 Å². The van der Waals surface area contributed by atoms with Crippen LogP contribution < -0.4 is 5.73 Å². The summed E-state index contributed by atoms with van der Waals surface area (Å²) in [7, 11) is 0. The maximum Gasteiger partial charge on any atom is 0.407 e. The van der Waals surface area contributed by atoms with Crippen molar-refractivity contribution in [1.82, 2.24) is 14.7 Å². The summed E-state index contributed by atoms with van der Waals surface area (Å²) in [5, 5.41) is 13.0. The summed E-state index contributed by atoms with van der Waals surface area (Å²) in [5.41, 5.74) is 6.27. The van der Waals surface area contributed by atoms with Crippen molar-refractivity contribution in [2.75, 3.05) is 18.8 Å². The molecular formula is C11H18N4O2. The molecule has 94 valence electrons. The number of aromatic nitrogens is 2. The Balaban J connectivity index is 1.73. The molecule has 0 radical (unpaired) electrons. The first-order valence-electron chi connectivity index (χ1n) is 5.91. The van der Waals surface area contributed by atoms with Gasteiger partial charge in [0, 0.05) is 25.8 Å². The zero-order chi connectivity index (χ0) is 12.3. The van der Waals surface area contributed by atoms with Crippen molar-refractivity contribution in [1.29, 1.82) is 0 Å². The summed E-state index contributed by atoms with van der Waals surface area (Å²) < 4.78 is 1.85. The van der Waals surface area contributed by atoms with Crippen LogP contribution in [0.15, 0.2) is 12.4 Å². The van der Waals surface area contributed by atoms with Gasteiger partial charge in [0.05, 0.1) is 11.9 Å². The van der Waals surface area contributed by atoms with Crippen LogP contribution in [0.1, 0.15) is 19.3 Å². The molecule has 0 spiro atoms. The molecule has 0 unspecified atom stereocenters. The molecule has 1 fully saturated rings. The fourth-order valence-corrected chi connectivity index (χ4v) is 2.23. The molecule has 2 heterocycles. The Morgan fingerprint density at radius 3 is 2.76 bits per heavy atom. The third-order valence-corrected chi connectivity index (χ3v) is 3.30. The number of nitrogens with zero attached hydrogens (tertiary/aromatic N) is 3. The normalized spacial score (nSPS) is 17.3. The van der Waals surface area contributed by atoms with E-state index >= 15 is 0 Å². The predicted octanol–water partition coefficient (Wildman–Crippen LogP) is 1.25. The Kier molecular flexibility index (Phi) is 3.51. The van der Waals surface area contributed by atoms with Gasteiger partial charge < -0.3 is 15.7 Å². The van der Waals surface area contributed by atoms with Crippen LogP contribution in [0.5, 0.6) is 0 Å². The summed E-state index contributed by atoms with van der Waals surface area (Å²) in [6.07, 6.45) is 5.60. The van der Waals surface area contributed by atoms with Crippen LogP contribution in [0, 0.1) is 5.92 Å². The van der Waals surface area contributed by atoms with E-state index in [0.29, 0.717) is 24.7 Å². The molecule has 2 rings (SSSR count). The van der Waals surface area contributed by atoms with E-state index in [9.17, 15) is 4.79 Å². The van der Waals surface area contributed by atoms with Crippen molar-refractivity contribution >= 4 is 11.8 Å². The second kappa shape index (κ2) is 5.07. The number of piperidine rings is 1. The Labute approximate surface area is 100 Å². The summed E-state index contributed by atoms with van der Waals surface area (Å²) in [4.78, 5) is 12.2. The zero-order valence-corrected chi connectivity index (χ0v) is 9.75. The van der Waals surface area contributed by atoms with E-state index in [1.165, 1.54) is 4.90 Å². The molecule has 6 nitrogen and oxygen atoms in total. The lowest BCUT2D eigenvalue weighted by atomic mass is 9.94. The number of carbonyl (C=O) groups is 1. The Morgan fingerprint density at radius 1 is 1.53 bits per heavy atom. The third-order valence-electron chi connectivity index (χ3n) is 3.30. The molecule has 0 aromatic carbocycles. The number of hydrogen-bond acceptors (Lipinski definition) is 3. The molecule has 1 aliphatic heterocycles. The van der Waals surface area contributed by atoms with Crippen molar-refractivity contribution < 1.29 is 9.90 Å². The van der Waals surface area contributed by atoms with Gasteiger partial charge in [0.25, 0.3) is 0 Å². The van der Waals surface area contributed by atoms with Crippen LogP contribution in [0.2, 0.25) is 0 Å². The quantitative estimate of drug-likeness (QED) is 0.829. The van der Waals surface area contributed by atoms with Crippen molar-refractivity contribution in [3.8, 4) is 0 Å². The Hall–Kier alpha value is -1.72. The number of rotatable bonds is 3. The van der Waals surface area contributed by atoms with Crippen LogP contribution in [0.25, 0.3) is 0 Å². The highest BCUT2D eigenvalue weighted by Crippen LogP contribution is 2.21. The Bertz CT molecular complexity index is 383. The van der Waals surface area contributed by atoms with Crippen LogP contribution in [-0.4, -0.2) is 39.0 Å². The lowest BCUT2D eigenvalue weighted by Crippen LogP contribution is -2.37. The first-order chi connectivity index (χ1) is 8.15. The predicted molar refractivity (Wildman–Crippen MR) is 63.6 cm³/mol. The highest BCUT2D eigenvalue weighted by molar-refractivity contribution is 5.64. The van der Waals surface area contributed by atoms with Gasteiger partial charge in [-0.15, -0.1) is 0 Å². The minimum absolute atomic E-state index is 0.594. The average molecular weight is 238 g/mol. The molecule has 1 amide bonds. The largest absolute Gasteiger partial charge is 0.465 e. The van der Waals surface area contributed by atoms with E-state index in [2.05, 4.69) is 5.10 Å². The van der Waals surface area contributed by atoms with Gasteiger partial charge in [-0.3, -0.25) is 4.68 Å². The molecule has 0 atom stereocenters. The second-order valence-corrected chi connectivity index (χ2v) is 4.54. The fourth-order valence-electron chi connectivity index (χ4n) is 2.23. The van der Waals surface area contributed by atoms with Crippen LogP contribution in [-0.2, 0) is 6.54 Å². The highest BCUT2D eigenvalue weighted by atomic mass is 16.4. The van der Waals surface area contributed by atoms with E-state index in [-0.39, 0.29) is 0 Å². The van der Waals surface area contributed by atoms with E-state index in [1.807, 2.05) is 10.9 Å². The van der Waals surface area contributed by atoms with Crippen molar-refractivity contribution in [3.05, 3.63) is 12.4 Å². The van der Waals surface area contributed by atoms with Gasteiger partial charge in [0.15, 0.2) is 0 Å². The summed E-state index contributed by atoms with van der Waals surface area (Å²) in [6.45, 7) is 2.16. The van der Waals surface area contributed by atoms with Gasteiger partial charge in [-0.25, -0.2) is 4.79 Å². The summed E-state index contributed by atoms with van der Waals surface area (Å²) in [5.74, 6) is 0.594. The molecule has 3 N–H and O–H groups in total. The second-order valence-electron chi connectivity index (χ2n) is 4.54. The van der Waals surface area contributed by atoms with E-state index in [0.717, 1.165) is 25.8 Å². The summed E-state index contributed by atoms with van der Waals surface area (Å²) >= 11 is 0. The van der Waals surface area contributed by atoms with Crippen molar-refractivity contribution in [2.45, 2.75) is 25.8 Å². The van der Waals surface area contributed by atoms with Gasteiger partial charge in [-0.2, -0.15) is 5.10 Å². The van der Waals surface area contributed by atoms with Gasteiger partial charge in [-0.05, 0) is 25.2 Å². The number of amides is 1. The number of hydrogen-bond donors (Lipinski definition) is 2. The van der Waals surface area contributed by atoms with Crippen LogP contribution in [0.3, 0.4) is 0 Å². The number of nitrogens with two attached hydrogens (primary N) is 1. The first-order valence-corrected chi connectivity index (χ1v) is 5.91. The van der Waals surface area contributed by atoms with Gasteiger partial charge in [0.2, 0.25) is 0 Å². The molecule has 1 aliphatic rings. The number of carboxylic acid groups (broad SMARTS) is 1. The number of aryl methyl sites for hydroxylation is 1. The maximum absolute atomic E-state index is 10.7. The minimum Gasteiger partial charge on any atom is -0.465 e. The van der Waals surface area contributed by atoms with Gasteiger partial charge in [-0.1, -0.05) is 0 Å². The molecule has 0 saturated carbocycles. The third kappa shape index (κ3) is 3.12. The van der Waals surface area contributed by atoms with E-state index in [1.54, 1.807) is 6.20 Å². The lowest BCUT2D eigenvalue weighted by molar-refractivity contribution is 0.122. The van der Waals surface area contributed by atoms with Crippen LogP contribution in [0.4, 0.5) is 10.5 Å². The summed E-state index contributed by atoms with van der Waals surface area (Å²) in [6, 6.07) is 0. The molecule has 1 saturated heterocycles. The topological polar surface area (TPSA) is 84.4 Å². The average Bonchev–Trinajstić information content (AvgIpc) is 2.73. The van der Waals surface area contributed by atoms with Crippen molar-refractivity contribution in [2.24, 2.45) is 5.92 Å². The SMILES string of the molecule is Nc1cnn(CCC2CCN(C(=O)O)CC2)c1. The molecular weight excluding hydrogens is 220 g/mol. The molecule has 0 bridgehead atoms. The molecule has 1 aromatic heterocycles. The molecule has 6 heteroatoms. The van der Waals surface area contributed by atoms with Gasteiger partial charge >= 0.3 is 6.09 Å². The standard InChI is InChI=1S/C11H18N4O2/c12-10-7-13-15(8-10)6-3-9-1-4-14(5-2-9)11(16)17/h7-9H,1-6,12H2,(H,16,17). The van der Waals surface area contributed by atoms with Crippen LogP contribution >= 0.6 is 0 Å². The number of anilines is 1. The van der Waals surface area contributed by atoms with E-state index in [4.69, 9.17) is 10.8 Å². The lowest BCUT2D eigenvalue weighted by Gasteiger charge is -2.29. The minimum atomic E-state index is -0.803. The molecule has 1 aromatic rings. The fraction of sp³-hybridized carbons (Fsp3) is 0.636. The van der Waals surface area contributed by atoms with E-state index < -0.39 is 6.09 Å². The highest BCUT2D eigenvalue weighted by Gasteiger charge is 2.21. The Morgan fingerprint density at radius 2 is 2.24 bits per heavy atom. The zero-order valence-electron chi connectivity index (χ0n) is 9.75. The number of likely N-dealkylation sites (tertiary alicyclic amines) is 1. The maximum atomic E-state index is 10.7.